The van der Waals surface area contributed by atoms with E-state index in [9.17, 15) is 4.79 Å². The monoisotopic (exact) mass is 171 g/mol. The first-order valence-electron chi connectivity index (χ1n) is 3.92. The molecule has 1 atom stereocenters. The topological polar surface area (TPSA) is 50.9 Å². The Kier molecular flexibility index (Phi) is 3.76. The van der Waals surface area contributed by atoms with E-state index >= 15 is 0 Å². The smallest absolute Gasteiger partial charge is 0.243 e. The molecule has 1 rings (SSSR count). The van der Waals surface area contributed by atoms with Gasteiger partial charge < -0.3 is 14.8 Å². The van der Waals surface area contributed by atoms with Gasteiger partial charge >= 0.3 is 0 Å². The first-order chi connectivity index (χ1) is 5.83. The average molecular weight is 171 g/mol. The summed E-state index contributed by atoms with van der Waals surface area (Å²) in [6.07, 6.45) is 1.53. The van der Waals surface area contributed by atoms with E-state index in [0.717, 1.165) is 6.61 Å². The number of hydrogen-bond donors (Lipinski definition) is 1. The lowest BCUT2D eigenvalue weighted by molar-refractivity contribution is -0.116. The Balaban J connectivity index is 1.81. The third-order valence-corrected chi connectivity index (χ3v) is 1.44. The summed E-state index contributed by atoms with van der Waals surface area (Å²) in [7, 11) is 0. The van der Waals surface area contributed by atoms with Crippen molar-refractivity contribution in [1.29, 1.82) is 0 Å². The predicted octanol–water partition coefficient (Wildman–Crippen LogP) is -0.296. The number of nitrogens with one attached hydrogen (secondary N) is 1. The van der Waals surface area contributed by atoms with Gasteiger partial charge in [-0.15, -0.1) is 0 Å². The molecule has 1 N–H and O–H groups in total. The second-order valence-corrected chi connectivity index (χ2v) is 2.53. The third-order valence-electron chi connectivity index (χ3n) is 1.44. The molecule has 0 radical (unpaired) electrons. The molecule has 1 fully saturated rings. The molecule has 12 heavy (non-hydrogen) atoms. The Bertz CT molecular complexity index is 166. The molecule has 1 saturated heterocycles. The first-order valence-corrected chi connectivity index (χ1v) is 3.92. The van der Waals surface area contributed by atoms with E-state index < -0.39 is 0 Å². The van der Waals surface area contributed by atoms with Crippen LogP contribution in [-0.4, -0.2) is 38.4 Å². The molecule has 0 saturated carbocycles. The Morgan fingerprint density at radius 3 is 3.17 bits per heavy atom. The van der Waals surface area contributed by atoms with Gasteiger partial charge in [-0.2, -0.15) is 0 Å². The summed E-state index contributed by atoms with van der Waals surface area (Å²) in [5.41, 5.74) is 0. The van der Waals surface area contributed by atoms with Crippen molar-refractivity contribution in [3.8, 4) is 0 Å². The summed E-state index contributed by atoms with van der Waals surface area (Å²) in [5, 5.41) is 2.60. The van der Waals surface area contributed by atoms with Crippen LogP contribution in [0.2, 0.25) is 0 Å². The molecule has 0 aromatic heterocycles. The molecule has 68 valence electrons. The molecular weight excluding hydrogens is 158 g/mol. The lowest BCUT2D eigenvalue weighted by atomic mass is 10.5. The number of hydrogen-bond acceptors (Lipinski definition) is 3. The van der Waals surface area contributed by atoms with E-state index in [1.165, 1.54) is 6.08 Å². The zero-order valence-corrected chi connectivity index (χ0v) is 6.91. The molecule has 1 unspecified atom stereocenters. The van der Waals surface area contributed by atoms with Crippen molar-refractivity contribution < 1.29 is 14.3 Å². The SMILES string of the molecule is C=CC(=O)NCCOCC1CO1. The lowest BCUT2D eigenvalue weighted by Gasteiger charge is -2.02. The second-order valence-electron chi connectivity index (χ2n) is 2.53. The van der Waals surface area contributed by atoms with Crippen LogP contribution in [0.1, 0.15) is 0 Å². The van der Waals surface area contributed by atoms with Gasteiger partial charge in [0.2, 0.25) is 5.91 Å². The van der Waals surface area contributed by atoms with E-state index in [0.29, 0.717) is 25.9 Å². The largest absolute Gasteiger partial charge is 0.377 e. The number of epoxide rings is 1. The zero-order valence-electron chi connectivity index (χ0n) is 6.91. The van der Waals surface area contributed by atoms with Gasteiger partial charge in [0.1, 0.15) is 6.10 Å². The van der Waals surface area contributed by atoms with E-state index in [1.54, 1.807) is 0 Å². The Hall–Kier alpha value is -0.870. The number of ether oxygens (including phenoxy) is 2. The normalized spacial score (nSPS) is 20.2. The number of carbonyl (C=O) groups is 1. The molecule has 4 nitrogen and oxygen atoms in total. The molecule has 0 spiro atoms. The average Bonchev–Trinajstić information content (AvgIpc) is 2.87. The molecule has 0 bridgehead atoms. The van der Waals surface area contributed by atoms with E-state index in [4.69, 9.17) is 9.47 Å². The van der Waals surface area contributed by atoms with Gasteiger partial charge in [-0.1, -0.05) is 6.58 Å². The van der Waals surface area contributed by atoms with Crippen LogP contribution in [-0.2, 0) is 14.3 Å². The van der Waals surface area contributed by atoms with Crippen molar-refractivity contribution in [2.45, 2.75) is 6.10 Å². The van der Waals surface area contributed by atoms with Gasteiger partial charge in [-0.05, 0) is 6.08 Å². The highest BCUT2D eigenvalue weighted by Crippen LogP contribution is 2.07. The molecule has 4 heteroatoms. The predicted molar refractivity (Wildman–Crippen MR) is 43.8 cm³/mol. The van der Waals surface area contributed by atoms with Crippen molar-refractivity contribution in [2.24, 2.45) is 0 Å². The van der Waals surface area contributed by atoms with Crippen molar-refractivity contribution in [1.82, 2.24) is 5.32 Å². The summed E-state index contributed by atoms with van der Waals surface area (Å²) in [4.78, 5) is 10.6. The van der Waals surface area contributed by atoms with E-state index in [1.807, 2.05) is 0 Å². The van der Waals surface area contributed by atoms with Crippen molar-refractivity contribution in [3.05, 3.63) is 12.7 Å². The number of amides is 1. The maximum Gasteiger partial charge on any atom is 0.243 e. The van der Waals surface area contributed by atoms with Crippen LogP contribution >= 0.6 is 0 Å². The highest BCUT2D eigenvalue weighted by Gasteiger charge is 2.21. The van der Waals surface area contributed by atoms with Crippen molar-refractivity contribution in [2.75, 3.05) is 26.4 Å². The van der Waals surface area contributed by atoms with E-state index in [2.05, 4.69) is 11.9 Å². The van der Waals surface area contributed by atoms with Crippen LogP contribution in [0.5, 0.6) is 0 Å². The van der Waals surface area contributed by atoms with Crippen molar-refractivity contribution >= 4 is 5.91 Å². The maximum atomic E-state index is 10.6. The summed E-state index contributed by atoms with van der Waals surface area (Å²) in [5.74, 6) is -0.165. The Morgan fingerprint density at radius 2 is 2.58 bits per heavy atom. The van der Waals surface area contributed by atoms with Crippen LogP contribution < -0.4 is 5.32 Å². The lowest BCUT2D eigenvalue weighted by Crippen LogP contribution is -2.25. The highest BCUT2D eigenvalue weighted by molar-refractivity contribution is 5.86. The van der Waals surface area contributed by atoms with Crippen LogP contribution in [0.4, 0.5) is 0 Å². The van der Waals surface area contributed by atoms with Crippen LogP contribution in [0.25, 0.3) is 0 Å². The van der Waals surface area contributed by atoms with Crippen LogP contribution in [0, 0.1) is 0 Å². The van der Waals surface area contributed by atoms with Gasteiger partial charge in [0, 0.05) is 6.54 Å². The van der Waals surface area contributed by atoms with Gasteiger partial charge in [0.15, 0.2) is 0 Å². The molecule has 0 aliphatic carbocycles. The minimum atomic E-state index is -0.165. The molecule has 1 amide bonds. The molecule has 0 aromatic carbocycles. The fourth-order valence-corrected chi connectivity index (χ4v) is 0.698. The third kappa shape index (κ3) is 4.10. The van der Waals surface area contributed by atoms with Crippen molar-refractivity contribution in [3.63, 3.8) is 0 Å². The zero-order chi connectivity index (χ0) is 8.81. The highest BCUT2D eigenvalue weighted by atomic mass is 16.6. The molecule has 1 heterocycles. The maximum absolute atomic E-state index is 10.6. The summed E-state index contributed by atoms with van der Waals surface area (Å²) >= 11 is 0. The standard InChI is InChI=1S/C8H13NO3/c1-2-8(10)9-3-4-11-5-7-6-12-7/h2,7H,1,3-6H2,(H,9,10). The van der Waals surface area contributed by atoms with Gasteiger partial charge in [-0.3, -0.25) is 4.79 Å². The minimum Gasteiger partial charge on any atom is -0.377 e. The van der Waals surface area contributed by atoms with Crippen LogP contribution in [0.3, 0.4) is 0 Å². The Labute approximate surface area is 71.5 Å². The molecule has 0 aromatic rings. The minimum absolute atomic E-state index is 0.165. The van der Waals surface area contributed by atoms with E-state index in [-0.39, 0.29) is 5.91 Å². The molecular formula is C8H13NO3. The second kappa shape index (κ2) is 4.90. The Morgan fingerprint density at radius 1 is 1.83 bits per heavy atom. The number of rotatable bonds is 6. The van der Waals surface area contributed by atoms with Crippen LogP contribution in [0.15, 0.2) is 12.7 Å². The first kappa shape index (κ1) is 9.22. The summed E-state index contributed by atoms with van der Waals surface area (Å²) < 4.78 is 10.1. The fraction of sp³-hybridized carbons (Fsp3) is 0.625. The fourth-order valence-electron chi connectivity index (χ4n) is 0.698. The van der Waals surface area contributed by atoms with Gasteiger partial charge in [0.05, 0.1) is 19.8 Å². The molecule has 1 aliphatic heterocycles. The summed E-state index contributed by atoms with van der Waals surface area (Å²) in [6, 6.07) is 0. The summed E-state index contributed by atoms with van der Waals surface area (Å²) in [6.45, 7) is 5.81. The quantitative estimate of drug-likeness (QED) is 0.339. The van der Waals surface area contributed by atoms with Gasteiger partial charge in [-0.25, -0.2) is 0 Å². The number of carbonyl (C=O) groups excluding carboxylic acids is 1. The van der Waals surface area contributed by atoms with Gasteiger partial charge in [0.25, 0.3) is 0 Å². The molecule has 1 aliphatic rings.